The van der Waals surface area contributed by atoms with Gasteiger partial charge < -0.3 is 4.90 Å². The molecule has 1 aliphatic heterocycles. The number of carbonyl (C=O) groups excluding carboxylic acids is 1. The topological polar surface area (TPSA) is 20.3 Å². The second-order valence-corrected chi connectivity index (χ2v) is 5.10. The van der Waals surface area contributed by atoms with Crippen LogP contribution in [0.4, 0.5) is 0 Å². The van der Waals surface area contributed by atoms with Crippen molar-refractivity contribution in [2.75, 3.05) is 19.6 Å². The Kier molecular flexibility index (Phi) is 4.18. The summed E-state index contributed by atoms with van der Waals surface area (Å²) in [4.78, 5) is 14.1. The standard InChI is InChI=1S/C13H23NO/c15-13-7-5-6-12(13)8-11-14-9-3-1-2-4-10-14/h12H,1-11H2. The zero-order chi connectivity index (χ0) is 10.5. The maximum atomic E-state index is 11.5. The van der Waals surface area contributed by atoms with Crippen LogP contribution < -0.4 is 0 Å². The normalized spacial score (nSPS) is 29.3. The van der Waals surface area contributed by atoms with E-state index in [2.05, 4.69) is 4.90 Å². The number of likely N-dealkylation sites (tertiary alicyclic amines) is 1. The first kappa shape index (κ1) is 11.1. The van der Waals surface area contributed by atoms with Crippen LogP contribution in [0.5, 0.6) is 0 Å². The molecule has 0 spiro atoms. The summed E-state index contributed by atoms with van der Waals surface area (Å²) < 4.78 is 0. The number of ketones is 1. The number of nitrogens with zero attached hydrogens (tertiary/aromatic N) is 1. The lowest BCUT2D eigenvalue weighted by Crippen LogP contribution is -2.27. The molecule has 2 heteroatoms. The van der Waals surface area contributed by atoms with Crippen LogP contribution in [-0.4, -0.2) is 30.3 Å². The summed E-state index contributed by atoms with van der Waals surface area (Å²) in [5.74, 6) is 0.943. The SMILES string of the molecule is O=C1CCCC1CCN1CCCCCC1. The predicted molar refractivity (Wildman–Crippen MR) is 61.9 cm³/mol. The molecular formula is C13H23NO. The molecule has 2 fully saturated rings. The van der Waals surface area contributed by atoms with E-state index in [-0.39, 0.29) is 0 Å². The second kappa shape index (κ2) is 5.64. The van der Waals surface area contributed by atoms with E-state index in [0.717, 1.165) is 32.2 Å². The highest BCUT2D eigenvalue weighted by atomic mass is 16.1. The molecule has 0 aromatic rings. The van der Waals surface area contributed by atoms with Crippen LogP contribution in [0.25, 0.3) is 0 Å². The molecule has 2 rings (SSSR count). The fourth-order valence-electron chi connectivity index (χ4n) is 2.89. The van der Waals surface area contributed by atoms with E-state index in [0.29, 0.717) is 11.7 Å². The molecule has 0 radical (unpaired) electrons. The van der Waals surface area contributed by atoms with Gasteiger partial charge in [-0.1, -0.05) is 12.8 Å². The van der Waals surface area contributed by atoms with Crippen molar-refractivity contribution < 1.29 is 4.79 Å². The van der Waals surface area contributed by atoms with E-state index in [1.807, 2.05) is 0 Å². The third-order valence-corrected chi connectivity index (χ3v) is 3.92. The summed E-state index contributed by atoms with van der Waals surface area (Å²) in [6.45, 7) is 3.69. The van der Waals surface area contributed by atoms with Gasteiger partial charge in [0.2, 0.25) is 0 Å². The highest BCUT2D eigenvalue weighted by Crippen LogP contribution is 2.24. The van der Waals surface area contributed by atoms with Crippen molar-refractivity contribution in [2.24, 2.45) is 5.92 Å². The van der Waals surface area contributed by atoms with Crippen molar-refractivity contribution in [3.05, 3.63) is 0 Å². The van der Waals surface area contributed by atoms with E-state index < -0.39 is 0 Å². The second-order valence-electron chi connectivity index (χ2n) is 5.10. The third-order valence-electron chi connectivity index (χ3n) is 3.92. The zero-order valence-electron chi connectivity index (χ0n) is 9.71. The van der Waals surface area contributed by atoms with Gasteiger partial charge >= 0.3 is 0 Å². The molecule has 2 nitrogen and oxygen atoms in total. The fourth-order valence-corrected chi connectivity index (χ4v) is 2.89. The number of carbonyl (C=O) groups is 1. The van der Waals surface area contributed by atoms with Gasteiger partial charge in [0, 0.05) is 12.3 Å². The van der Waals surface area contributed by atoms with Gasteiger partial charge in [0.15, 0.2) is 0 Å². The molecular weight excluding hydrogens is 186 g/mol. The van der Waals surface area contributed by atoms with Gasteiger partial charge in [-0.25, -0.2) is 0 Å². The van der Waals surface area contributed by atoms with Crippen LogP contribution in [0.3, 0.4) is 0 Å². The highest BCUT2D eigenvalue weighted by molar-refractivity contribution is 5.82. The summed E-state index contributed by atoms with van der Waals surface area (Å²) in [5.41, 5.74) is 0. The number of hydrogen-bond donors (Lipinski definition) is 0. The number of hydrogen-bond acceptors (Lipinski definition) is 2. The fraction of sp³-hybridized carbons (Fsp3) is 0.923. The molecule has 0 aromatic heterocycles. The van der Waals surface area contributed by atoms with Gasteiger partial charge in [0.1, 0.15) is 5.78 Å². The van der Waals surface area contributed by atoms with Gasteiger partial charge in [-0.3, -0.25) is 4.79 Å². The smallest absolute Gasteiger partial charge is 0.136 e. The van der Waals surface area contributed by atoms with Crippen LogP contribution in [0.2, 0.25) is 0 Å². The Labute approximate surface area is 93.0 Å². The van der Waals surface area contributed by atoms with Crippen molar-refractivity contribution in [1.29, 1.82) is 0 Å². The Bertz CT molecular complexity index is 207. The molecule has 0 aromatic carbocycles. The quantitative estimate of drug-likeness (QED) is 0.712. The molecule has 1 atom stereocenters. The average Bonchev–Trinajstić information content (AvgIpc) is 2.53. The van der Waals surface area contributed by atoms with E-state index in [1.165, 1.54) is 38.8 Å². The minimum atomic E-state index is 0.410. The molecule has 2 aliphatic rings. The first-order valence-corrected chi connectivity index (χ1v) is 6.61. The molecule has 1 saturated carbocycles. The molecule has 1 aliphatic carbocycles. The van der Waals surface area contributed by atoms with Crippen molar-refractivity contribution >= 4 is 5.78 Å². The first-order valence-electron chi connectivity index (χ1n) is 6.61. The van der Waals surface area contributed by atoms with Crippen LogP contribution in [-0.2, 0) is 4.79 Å². The third kappa shape index (κ3) is 3.30. The van der Waals surface area contributed by atoms with E-state index in [4.69, 9.17) is 0 Å². The monoisotopic (exact) mass is 209 g/mol. The predicted octanol–water partition coefficient (Wildman–Crippen LogP) is 2.62. The summed E-state index contributed by atoms with van der Waals surface area (Å²) in [6, 6.07) is 0. The highest BCUT2D eigenvalue weighted by Gasteiger charge is 2.24. The molecule has 1 heterocycles. The van der Waals surface area contributed by atoms with Gasteiger partial charge in [-0.15, -0.1) is 0 Å². The Hall–Kier alpha value is -0.370. The van der Waals surface area contributed by atoms with Crippen molar-refractivity contribution in [1.82, 2.24) is 4.90 Å². The van der Waals surface area contributed by atoms with Crippen LogP contribution in [0, 0.1) is 5.92 Å². The lowest BCUT2D eigenvalue weighted by atomic mass is 10.0. The maximum Gasteiger partial charge on any atom is 0.136 e. The van der Waals surface area contributed by atoms with Crippen molar-refractivity contribution in [3.63, 3.8) is 0 Å². The van der Waals surface area contributed by atoms with Gasteiger partial charge in [0.05, 0.1) is 0 Å². The maximum absolute atomic E-state index is 11.5. The molecule has 86 valence electrons. The van der Waals surface area contributed by atoms with Crippen molar-refractivity contribution in [3.8, 4) is 0 Å². The van der Waals surface area contributed by atoms with Gasteiger partial charge in [0.25, 0.3) is 0 Å². The van der Waals surface area contributed by atoms with Crippen molar-refractivity contribution in [2.45, 2.75) is 51.4 Å². The number of Topliss-reactive ketones (excluding diaryl/α,β-unsaturated/α-hetero) is 1. The lowest BCUT2D eigenvalue weighted by molar-refractivity contribution is -0.120. The molecule has 0 N–H and O–H groups in total. The summed E-state index contributed by atoms with van der Waals surface area (Å²) in [6.07, 6.45) is 9.80. The van der Waals surface area contributed by atoms with E-state index >= 15 is 0 Å². The summed E-state index contributed by atoms with van der Waals surface area (Å²) in [7, 11) is 0. The molecule has 15 heavy (non-hydrogen) atoms. The molecule has 0 amide bonds. The van der Waals surface area contributed by atoms with Gasteiger partial charge in [-0.05, 0) is 51.7 Å². The lowest BCUT2D eigenvalue weighted by Gasteiger charge is -2.21. The minimum Gasteiger partial charge on any atom is -0.303 e. The average molecular weight is 209 g/mol. The van der Waals surface area contributed by atoms with E-state index in [9.17, 15) is 4.79 Å². The minimum absolute atomic E-state index is 0.410. The molecule has 1 saturated heterocycles. The Morgan fingerprint density at radius 2 is 1.80 bits per heavy atom. The molecule has 0 bridgehead atoms. The zero-order valence-corrected chi connectivity index (χ0v) is 9.71. The first-order chi connectivity index (χ1) is 7.36. The van der Waals surface area contributed by atoms with Crippen LogP contribution in [0.1, 0.15) is 51.4 Å². The summed E-state index contributed by atoms with van der Waals surface area (Å²) >= 11 is 0. The summed E-state index contributed by atoms with van der Waals surface area (Å²) in [5, 5.41) is 0. The number of rotatable bonds is 3. The Balaban J connectivity index is 1.69. The van der Waals surface area contributed by atoms with E-state index in [1.54, 1.807) is 0 Å². The molecule has 1 unspecified atom stereocenters. The van der Waals surface area contributed by atoms with Crippen LogP contribution >= 0.6 is 0 Å². The van der Waals surface area contributed by atoms with Crippen LogP contribution in [0.15, 0.2) is 0 Å². The Morgan fingerprint density at radius 3 is 2.40 bits per heavy atom. The largest absolute Gasteiger partial charge is 0.303 e. The van der Waals surface area contributed by atoms with Gasteiger partial charge in [-0.2, -0.15) is 0 Å². The Morgan fingerprint density at radius 1 is 1.07 bits per heavy atom.